The molecule has 1 aliphatic carbocycles. The lowest BCUT2D eigenvalue weighted by Crippen LogP contribution is -2.23. The van der Waals surface area contributed by atoms with Crippen LogP contribution in [0.25, 0.3) is 21.7 Å². The zero-order valence-electron chi connectivity index (χ0n) is 15.3. The fraction of sp³-hybridized carbons (Fsp3) is 0.0435. The monoisotopic (exact) mass is 397 g/mol. The van der Waals surface area contributed by atoms with Gasteiger partial charge in [-0.3, -0.25) is 14.6 Å². The van der Waals surface area contributed by atoms with Crippen LogP contribution in [0.5, 0.6) is 0 Å². The van der Waals surface area contributed by atoms with Crippen molar-refractivity contribution < 1.29 is 9.59 Å². The first-order valence-corrected chi connectivity index (χ1v) is 10.1. The summed E-state index contributed by atoms with van der Waals surface area (Å²) in [5, 5.41) is 7.07. The SMILES string of the molecule is O=C(CSc1cccc2cccnc12)N/N=C1\C(=O)c2cccc3cccc1c23. The number of carbonyl (C=O) groups is 2. The van der Waals surface area contributed by atoms with Crippen molar-refractivity contribution in [3.63, 3.8) is 0 Å². The van der Waals surface area contributed by atoms with E-state index in [9.17, 15) is 9.59 Å². The maximum Gasteiger partial charge on any atom is 0.250 e. The van der Waals surface area contributed by atoms with Gasteiger partial charge >= 0.3 is 0 Å². The molecule has 0 radical (unpaired) electrons. The van der Waals surface area contributed by atoms with Gasteiger partial charge in [0.05, 0.1) is 11.3 Å². The van der Waals surface area contributed by atoms with Crippen molar-refractivity contribution in [2.75, 3.05) is 5.75 Å². The molecule has 1 amide bonds. The van der Waals surface area contributed by atoms with Crippen molar-refractivity contribution in [1.29, 1.82) is 0 Å². The summed E-state index contributed by atoms with van der Waals surface area (Å²) >= 11 is 1.39. The minimum atomic E-state index is -0.272. The molecule has 0 aliphatic heterocycles. The van der Waals surface area contributed by atoms with E-state index in [1.54, 1.807) is 12.3 Å². The second-order valence-electron chi connectivity index (χ2n) is 6.65. The Morgan fingerprint density at radius 3 is 2.52 bits per heavy atom. The van der Waals surface area contributed by atoms with Crippen LogP contribution in [0.3, 0.4) is 0 Å². The Hall–Kier alpha value is -3.51. The van der Waals surface area contributed by atoms with Gasteiger partial charge in [0.1, 0.15) is 5.71 Å². The highest BCUT2D eigenvalue weighted by Gasteiger charge is 2.28. The van der Waals surface area contributed by atoms with E-state index in [0.29, 0.717) is 5.56 Å². The normalized spacial score (nSPS) is 14.1. The van der Waals surface area contributed by atoms with E-state index in [-0.39, 0.29) is 23.2 Å². The predicted molar refractivity (Wildman–Crippen MR) is 115 cm³/mol. The van der Waals surface area contributed by atoms with Gasteiger partial charge in [0.15, 0.2) is 0 Å². The number of Topliss-reactive ketones (excluding diaryl/α,β-unsaturated/α-hetero) is 1. The van der Waals surface area contributed by atoms with Gasteiger partial charge in [-0.2, -0.15) is 5.10 Å². The van der Waals surface area contributed by atoms with Crippen LogP contribution in [0.15, 0.2) is 82.9 Å². The average molecular weight is 397 g/mol. The number of hydrazone groups is 1. The number of ketones is 1. The minimum Gasteiger partial charge on any atom is -0.287 e. The van der Waals surface area contributed by atoms with Crippen LogP contribution in [0.2, 0.25) is 0 Å². The van der Waals surface area contributed by atoms with Crippen molar-refractivity contribution in [2.24, 2.45) is 5.10 Å². The van der Waals surface area contributed by atoms with Gasteiger partial charge in [-0.05, 0) is 17.5 Å². The number of nitrogens with one attached hydrogen (secondary N) is 1. The molecule has 0 bridgehead atoms. The summed E-state index contributed by atoms with van der Waals surface area (Å²) in [6.45, 7) is 0. The van der Waals surface area contributed by atoms with Crippen LogP contribution in [-0.2, 0) is 4.79 Å². The smallest absolute Gasteiger partial charge is 0.250 e. The first-order chi connectivity index (χ1) is 14.2. The van der Waals surface area contributed by atoms with Gasteiger partial charge in [-0.25, -0.2) is 5.43 Å². The standard InChI is InChI=1S/C23H15N3O2S/c27-19(13-29-18-11-3-7-15-8-4-12-24-21(15)18)25-26-22-16-9-1-5-14-6-2-10-17(20(14)16)23(22)28/h1-12H,13H2,(H,25,27)/b26-22-. The van der Waals surface area contributed by atoms with Crippen molar-refractivity contribution in [3.05, 3.63) is 84.1 Å². The minimum absolute atomic E-state index is 0.164. The Kier molecular flexibility index (Phi) is 4.33. The number of pyridine rings is 1. The van der Waals surface area contributed by atoms with E-state index in [4.69, 9.17) is 0 Å². The Morgan fingerprint density at radius 2 is 1.66 bits per heavy atom. The van der Waals surface area contributed by atoms with Gasteiger partial charge in [-0.15, -0.1) is 11.8 Å². The van der Waals surface area contributed by atoms with Crippen LogP contribution in [0, 0.1) is 0 Å². The van der Waals surface area contributed by atoms with Crippen LogP contribution in [0.4, 0.5) is 0 Å². The number of hydrogen-bond donors (Lipinski definition) is 1. The van der Waals surface area contributed by atoms with E-state index in [2.05, 4.69) is 15.5 Å². The molecule has 4 aromatic rings. The molecule has 0 unspecified atom stereocenters. The van der Waals surface area contributed by atoms with Gasteiger partial charge < -0.3 is 0 Å². The summed E-state index contributed by atoms with van der Waals surface area (Å²) in [5.74, 6) is -0.257. The predicted octanol–water partition coefficient (Wildman–Crippen LogP) is 4.20. The molecule has 0 saturated heterocycles. The maximum absolute atomic E-state index is 12.7. The lowest BCUT2D eigenvalue weighted by Gasteiger charge is -2.05. The molecule has 0 spiro atoms. The molecule has 5 rings (SSSR count). The second kappa shape index (κ2) is 7.14. The largest absolute Gasteiger partial charge is 0.287 e. The summed E-state index contributed by atoms with van der Waals surface area (Å²) < 4.78 is 0. The number of fused-ring (bicyclic) bond motifs is 1. The number of thioether (sulfide) groups is 1. The molecule has 29 heavy (non-hydrogen) atoms. The Balaban J connectivity index is 1.34. The van der Waals surface area contributed by atoms with Gasteiger partial charge in [-0.1, -0.05) is 54.6 Å². The zero-order valence-corrected chi connectivity index (χ0v) is 16.1. The Bertz CT molecular complexity index is 1320. The molecule has 1 heterocycles. The number of rotatable bonds is 4. The molecular formula is C23H15N3O2S. The zero-order chi connectivity index (χ0) is 19.8. The van der Waals surface area contributed by atoms with E-state index in [0.717, 1.165) is 32.1 Å². The maximum atomic E-state index is 12.7. The first-order valence-electron chi connectivity index (χ1n) is 9.12. The van der Waals surface area contributed by atoms with Crippen molar-refractivity contribution in [1.82, 2.24) is 10.4 Å². The first kappa shape index (κ1) is 17.6. The highest BCUT2D eigenvalue weighted by atomic mass is 32.2. The average Bonchev–Trinajstić information content (AvgIpc) is 3.04. The Morgan fingerprint density at radius 1 is 0.931 bits per heavy atom. The highest BCUT2D eigenvalue weighted by Crippen LogP contribution is 2.31. The van der Waals surface area contributed by atoms with E-state index < -0.39 is 0 Å². The third kappa shape index (κ3) is 3.07. The Labute approximate surface area is 170 Å². The molecule has 3 aromatic carbocycles. The summed E-state index contributed by atoms with van der Waals surface area (Å²) in [5.41, 5.74) is 5.07. The second-order valence-corrected chi connectivity index (χ2v) is 7.67. The fourth-order valence-corrected chi connectivity index (χ4v) is 4.41. The van der Waals surface area contributed by atoms with Gasteiger partial charge in [0, 0.05) is 33.0 Å². The molecular weight excluding hydrogens is 382 g/mol. The number of para-hydroxylation sites is 1. The lowest BCUT2D eigenvalue weighted by molar-refractivity contribution is -0.118. The molecule has 1 N–H and O–H groups in total. The van der Waals surface area contributed by atoms with E-state index >= 15 is 0 Å². The number of aromatic nitrogens is 1. The molecule has 5 nitrogen and oxygen atoms in total. The third-order valence-electron chi connectivity index (χ3n) is 4.87. The van der Waals surface area contributed by atoms with Crippen LogP contribution in [-0.4, -0.2) is 28.1 Å². The molecule has 6 heteroatoms. The molecule has 140 valence electrons. The fourth-order valence-electron chi connectivity index (χ4n) is 3.57. The lowest BCUT2D eigenvalue weighted by atomic mass is 10.1. The topological polar surface area (TPSA) is 71.4 Å². The summed E-state index contributed by atoms with van der Waals surface area (Å²) in [6.07, 6.45) is 1.74. The highest BCUT2D eigenvalue weighted by molar-refractivity contribution is 8.00. The third-order valence-corrected chi connectivity index (χ3v) is 5.91. The summed E-state index contributed by atoms with van der Waals surface area (Å²) in [7, 11) is 0. The van der Waals surface area contributed by atoms with Gasteiger partial charge in [0.2, 0.25) is 11.7 Å². The van der Waals surface area contributed by atoms with E-state index in [1.165, 1.54) is 11.8 Å². The number of benzene rings is 3. The summed E-state index contributed by atoms with van der Waals surface area (Å²) in [6, 6.07) is 21.1. The number of carbonyl (C=O) groups excluding carboxylic acids is 2. The summed E-state index contributed by atoms with van der Waals surface area (Å²) in [4.78, 5) is 30.4. The van der Waals surface area contributed by atoms with Gasteiger partial charge in [0.25, 0.3) is 0 Å². The van der Waals surface area contributed by atoms with Crippen molar-refractivity contribution in [2.45, 2.75) is 4.90 Å². The van der Waals surface area contributed by atoms with Crippen molar-refractivity contribution >= 4 is 50.8 Å². The molecule has 0 atom stereocenters. The quantitative estimate of drug-likeness (QED) is 0.414. The van der Waals surface area contributed by atoms with Crippen LogP contribution in [0.1, 0.15) is 15.9 Å². The number of hydrogen-bond acceptors (Lipinski definition) is 5. The van der Waals surface area contributed by atoms with E-state index in [1.807, 2.05) is 60.7 Å². The molecule has 1 aliphatic rings. The van der Waals surface area contributed by atoms with Crippen molar-refractivity contribution in [3.8, 4) is 0 Å². The van der Waals surface area contributed by atoms with Crippen LogP contribution < -0.4 is 5.43 Å². The number of nitrogens with zero attached hydrogens (tertiary/aromatic N) is 2. The van der Waals surface area contributed by atoms with Crippen LogP contribution >= 0.6 is 11.8 Å². The molecule has 0 saturated carbocycles. The molecule has 1 aromatic heterocycles. The molecule has 0 fully saturated rings. The number of amides is 1.